The second-order valence-electron chi connectivity index (χ2n) is 9.23. The van der Waals surface area contributed by atoms with Crippen LogP contribution in [0.2, 0.25) is 0 Å². The number of hydrogen-bond donors (Lipinski definition) is 3. The minimum absolute atomic E-state index is 0.0902. The number of carbonyl (C=O) groups is 1. The summed E-state index contributed by atoms with van der Waals surface area (Å²) in [6.45, 7) is 5.79. The van der Waals surface area contributed by atoms with Crippen molar-refractivity contribution in [3.63, 3.8) is 0 Å². The number of rotatable bonds is 8. The zero-order valence-electron chi connectivity index (χ0n) is 20.6. The van der Waals surface area contributed by atoms with Crippen LogP contribution in [0.3, 0.4) is 0 Å². The third kappa shape index (κ3) is 5.57. The average molecular weight is 551 g/mol. The quantitative estimate of drug-likeness (QED) is 0.363. The Hall–Kier alpha value is -3.30. The Balaban J connectivity index is 1.20. The number of ether oxygens (including phenoxy) is 1. The van der Waals surface area contributed by atoms with E-state index in [2.05, 4.69) is 59.7 Å². The first-order chi connectivity index (χ1) is 17.5. The molecule has 0 saturated carbocycles. The van der Waals surface area contributed by atoms with E-state index in [4.69, 9.17) is 4.74 Å². The summed E-state index contributed by atoms with van der Waals surface area (Å²) in [5, 5.41) is 10.0. The maximum absolute atomic E-state index is 12.6. The molecule has 9 heteroatoms. The van der Waals surface area contributed by atoms with Crippen LogP contribution in [0.4, 0.5) is 17.1 Å². The zero-order valence-corrected chi connectivity index (χ0v) is 22.1. The fourth-order valence-electron chi connectivity index (χ4n) is 4.57. The molecule has 2 aromatic carbocycles. The predicted molar refractivity (Wildman–Crippen MR) is 147 cm³/mol. The molecule has 36 heavy (non-hydrogen) atoms. The summed E-state index contributed by atoms with van der Waals surface area (Å²) in [6.07, 6.45) is 3.99. The molecule has 188 valence electrons. The van der Waals surface area contributed by atoms with Crippen molar-refractivity contribution in [3.8, 4) is 11.5 Å². The highest BCUT2D eigenvalue weighted by molar-refractivity contribution is 9.10. The highest BCUT2D eigenvalue weighted by atomic mass is 79.9. The SMILES string of the molecule is Cc1cc(NC2Nc3cc(Oc4ccnc(C(=O)NCCN5CCCC5)c4)ccc3N2C)ccc1Br. The molecule has 1 atom stereocenters. The van der Waals surface area contributed by atoms with Gasteiger partial charge >= 0.3 is 0 Å². The average Bonchev–Trinajstić information content (AvgIpc) is 3.49. The molecule has 1 unspecified atom stereocenters. The predicted octanol–water partition coefficient (Wildman–Crippen LogP) is 5.03. The molecule has 3 heterocycles. The van der Waals surface area contributed by atoms with Gasteiger partial charge in [0.2, 0.25) is 0 Å². The van der Waals surface area contributed by atoms with Gasteiger partial charge in [0.1, 0.15) is 17.2 Å². The van der Waals surface area contributed by atoms with Crippen molar-refractivity contribution < 1.29 is 9.53 Å². The van der Waals surface area contributed by atoms with Crippen molar-refractivity contribution >= 4 is 38.9 Å². The van der Waals surface area contributed by atoms with Gasteiger partial charge in [-0.25, -0.2) is 0 Å². The number of benzene rings is 2. The topological polar surface area (TPSA) is 81.8 Å². The minimum Gasteiger partial charge on any atom is -0.457 e. The summed E-state index contributed by atoms with van der Waals surface area (Å²) >= 11 is 3.55. The van der Waals surface area contributed by atoms with E-state index in [1.807, 2.05) is 37.4 Å². The summed E-state index contributed by atoms with van der Waals surface area (Å²) in [5.41, 5.74) is 4.59. The third-order valence-electron chi connectivity index (χ3n) is 6.60. The third-order valence-corrected chi connectivity index (χ3v) is 7.49. The molecular formula is C27H31BrN6O2. The van der Waals surface area contributed by atoms with Crippen LogP contribution in [0, 0.1) is 6.92 Å². The molecule has 8 nitrogen and oxygen atoms in total. The van der Waals surface area contributed by atoms with Gasteiger partial charge in [-0.3, -0.25) is 9.78 Å². The minimum atomic E-state index is -0.186. The van der Waals surface area contributed by atoms with Crippen LogP contribution in [0.1, 0.15) is 28.9 Å². The summed E-state index contributed by atoms with van der Waals surface area (Å²) in [6, 6.07) is 15.6. The highest BCUT2D eigenvalue weighted by Crippen LogP contribution is 2.38. The Morgan fingerprint density at radius 2 is 1.94 bits per heavy atom. The lowest BCUT2D eigenvalue weighted by atomic mass is 10.2. The van der Waals surface area contributed by atoms with E-state index in [0.29, 0.717) is 23.7 Å². The number of carbonyl (C=O) groups excluding carboxylic acids is 1. The number of likely N-dealkylation sites (tertiary alicyclic amines) is 1. The maximum atomic E-state index is 12.6. The van der Waals surface area contributed by atoms with E-state index in [1.54, 1.807) is 18.3 Å². The van der Waals surface area contributed by atoms with Crippen molar-refractivity contribution in [1.82, 2.24) is 15.2 Å². The normalized spacial score (nSPS) is 17.0. The molecule has 5 rings (SSSR count). The molecule has 1 amide bonds. The zero-order chi connectivity index (χ0) is 25.1. The lowest BCUT2D eigenvalue weighted by Gasteiger charge is -2.24. The number of halogens is 1. The first kappa shape index (κ1) is 24.4. The van der Waals surface area contributed by atoms with E-state index < -0.39 is 0 Å². The molecule has 0 aliphatic carbocycles. The molecular weight excluding hydrogens is 520 g/mol. The number of aromatic nitrogens is 1. The summed E-state index contributed by atoms with van der Waals surface area (Å²) in [5.74, 6) is 1.07. The maximum Gasteiger partial charge on any atom is 0.270 e. The van der Waals surface area contributed by atoms with Crippen molar-refractivity contribution in [1.29, 1.82) is 0 Å². The standard InChI is InChI=1S/C27H31BrN6O2/c1-18-15-19(5-7-22(18)28)31-27-32-23-16-20(6-8-25(23)33(27)2)36-21-9-10-29-24(17-21)26(35)30-11-14-34-12-3-4-13-34/h5-10,15-17,27,31-32H,3-4,11-14H2,1-2H3,(H,30,35). The first-order valence-corrected chi connectivity index (χ1v) is 13.1. The molecule has 1 fully saturated rings. The van der Waals surface area contributed by atoms with Gasteiger partial charge in [0.05, 0.1) is 11.4 Å². The Kier molecular flexibility index (Phi) is 7.29. The number of nitrogens with zero attached hydrogens (tertiary/aromatic N) is 3. The number of amides is 1. The number of hydrogen-bond acceptors (Lipinski definition) is 7. The molecule has 0 bridgehead atoms. The van der Waals surface area contributed by atoms with Crippen molar-refractivity contribution in [2.45, 2.75) is 26.1 Å². The highest BCUT2D eigenvalue weighted by Gasteiger charge is 2.26. The fourth-order valence-corrected chi connectivity index (χ4v) is 4.82. The molecule has 2 aliphatic rings. The van der Waals surface area contributed by atoms with Crippen molar-refractivity contribution in [3.05, 3.63) is 70.5 Å². The van der Waals surface area contributed by atoms with Crippen molar-refractivity contribution in [2.75, 3.05) is 48.8 Å². The number of anilines is 3. The summed E-state index contributed by atoms with van der Waals surface area (Å²) in [7, 11) is 2.04. The van der Waals surface area contributed by atoms with Crippen LogP contribution in [0.15, 0.2) is 59.2 Å². The van der Waals surface area contributed by atoms with Gasteiger partial charge in [-0.05, 0) is 74.8 Å². The monoisotopic (exact) mass is 550 g/mol. The Morgan fingerprint density at radius 1 is 1.14 bits per heavy atom. The Morgan fingerprint density at radius 3 is 2.75 bits per heavy atom. The van der Waals surface area contributed by atoms with Crippen LogP contribution >= 0.6 is 15.9 Å². The second-order valence-corrected chi connectivity index (χ2v) is 10.1. The van der Waals surface area contributed by atoms with E-state index in [0.717, 1.165) is 41.2 Å². The van der Waals surface area contributed by atoms with Gasteiger partial charge in [-0.15, -0.1) is 0 Å². The molecule has 1 aromatic heterocycles. The summed E-state index contributed by atoms with van der Waals surface area (Å²) in [4.78, 5) is 21.3. The number of aryl methyl sites for hydroxylation is 1. The molecule has 2 aliphatic heterocycles. The van der Waals surface area contributed by atoms with Crippen LogP contribution < -0.4 is 25.6 Å². The van der Waals surface area contributed by atoms with Gasteiger partial charge in [0.25, 0.3) is 5.91 Å². The summed E-state index contributed by atoms with van der Waals surface area (Å²) < 4.78 is 7.17. The van der Waals surface area contributed by atoms with Crippen LogP contribution in [0.25, 0.3) is 0 Å². The molecule has 1 saturated heterocycles. The van der Waals surface area contributed by atoms with Gasteiger partial charge in [0, 0.05) is 48.6 Å². The number of fused-ring (bicyclic) bond motifs is 1. The van der Waals surface area contributed by atoms with Crippen LogP contribution in [-0.4, -0.2) is 55.3 Å². The van der Waals surface area contributed by atoms with Gasteiger partial charge < -0.3 is 30.5 Å². The van der Waals surface area contributed by atoms with Crippen molar-refractivity contribution in [2.24, 2.45) is 0 Å². The van der Waals surface area contributed by atoms with E-state index in [-0.39, 0.29) is 12.2 Å². The molecule has 3 N–H and O–H groups in total. The lowest BCUT2D eigenvalue weighted by Crippen LogP contribution is -2.39. The van der Waals surface area contributed by atoms with Gasteiger partial charge in [0.15, 0.2) is 6.29 Å². The lowest BCUT2D eigenvalue weighted by molar-refractivity contribution is 0.0944. The van der Waals surface area contributed by atoms with Crippen LogP contribution in [-0.2, 0) is 0 Å². The van der Waals surface area contributed by atoms with E-state index >= 15 is 0 Å². The first-order valence-electron chi connectivity index (χ1n) is 12.3. The molecule has 0 radical (unpaired) electrons. The largest absolute Gasteiger partial charge is 0.457 e. The van der Waals surface area contributed by atoms with Crippen LogP contribution in [0.5, 0.6) is 11.5 Å². The Bertz CT molecular complexity index is 1250. The number of nitrogens with one attached hydrogen (secondary N) is 3. The molecule has 3 aromatic rings. The van der Waals surface area contributed by atoms with E-state index in [9.17, 15) is 4.79 Å². The van der Waals surface area contributed by atoms with E-state index in [1.165, 1.54) is 18.4 Å². The smallest absolute Gasteiger partial charge is 0.270 e. The fraction of sp³-hybridized carbons (Fsp3) is 0.333. The van der Waals surface area contributed by atoms with Gasteiger partial charge in [-0.2, -0.15) is 0 Å². The number of pyridine rings is 1. The Labute approximate surface area is 220 Å². The van der Waals surface area contributed by atoms with Gasteiger partial charge in [-0.1, -0.05) is 15.9 Å². The second kappa shape index (κ2) is 10.8. The molecule has 0 spiro atoms.